The van der Waals surface area contributed by atoms with E-state index in [4.69, 9.17) is 5.73 Å². The van der Waals surface area contributed by atoms with E-state index in [1.54, 1.807) is 10.6 Å². The predicted molar refractivity (Wildman–Crippen MR) is 72.9 cm³/mol. The lowest BCUT2D eigenvalue weighted by molar-refractivity contribution is 0.0288. The topological polar surface area (TPSA) is 141 Å². The van der Waals surface area contributed by atoms with Crippen LogP contribution in [0.25, 0.3) is 11.0 Å². The monoisotopic (exact) mass is 287 g/mol. The summed E-state index contributed by atoms with van der Waals surface area (Å²) in [6, 6.07) is 1.37. The number of hydrogen-bond acceptors (Lipinski definition) is 7. The minimum Gasteiger partial charge on any atom is -0.392 e. The van der Waals surface area contributed by atoms with E-state index in [-0.39, 0.29) is 18.0 Å². The number of nitriles is 1. The van der Waals surface area contributed by atoms with E-state index in [1.807, 2.05) is 6.07 Å². The fraction of sp³-hybridized carbons (Fsp3) is 0.308. The molecule has 8 heteroatoms. The zero-order valence-electron chi connectivity index (χ0n) is 10.9. The largest absolute Gasteiger partial charge is 0.392 e. The number of hydrogen-bond donors (Lipinski definition) is 4. The van der Waals surface area contributed by atoms with Gasteiger partial charge in [-0.1, -0.05) is 6.08 Å². The molecule has 3 atom stereocenters. The fourth-order valence-electron chi connectivity index (χ4n) is 2.63. The van der Waals surface area contributed by atoms with Crippen LogP contribution in [0, 0.1) is 11.3 Å². The second-order valence-corrected chi connectivity index (χ2v) is 4.85. The maximum atomic E-state index is 10.1. The maximum Gasteiger partial charge on any atom is 0.147 e. The number of aliphatic hydroxyl groups is 3. The first-order valence-corrected chi connectivity index (χ1v) is 6.27. The molecule has 1 unspecified atom stereocenters. The summed E-state index contributed by atoms with van der Waals surface area (Å²) in [4.78, 5) is 7.96. The molecule has 2 aromatic rings. The highest BCUT2D eigenvalue weighted by Gasteiger charge is 2.36. The summed E-state index contributed by atoms with van der Waals surface area (Å²) in [5, 5.41) is 38.8. The molecule has 2 heterocycles. The Morgan fingerprint density at radius 3 is 2.76 bits per heavy atom. The lowest BCUT2D eigenvalue weighted by Gasteiger charge is -2.19. The molecule has 108 valence electrons. The molecule has 8 nitrogen and oxygen atoms in total. The Hall–Kier alpha value is -2.47. The van der Waals surface area contributed by atoms with Crippen LogP contribution in [0.5, 0.6) is 0 Å². The van der Waals surface area contributed by atoms with E-state index in [9.17, 15) is 20.6 Å². The molecule has 0 aliphatic heterocycles. The Labute approximate surface area is 119 Å². The molecule has 21 heavy (non-hydrogen) atoms. The molecule has 0 saturated heterocycles. The highest BCUT2D eigenvalue weighted by atomic mass is 16.3. The number of fused-ring (bicyclic) bond motifs is 1. The van der Waals surface area contributed by atoms with Crippen LogP contribution in [0.3, 0.4) is 0 Å². The standard InChI is InChI=1S/C13H13N5O3/c14-2-7-3-18(13-9(7)12(15)16-5-17-13)8-1-6(4-19)10(20)11(8)21/h1,3,5,8,10-11,19-21H,4H2,(H2,15,16,17)/t8?,10-,11+/m0/s1. The van der Waals surface area contributed by atoms with Crippen molar-refractivity contribution in [2.24, 2.45) is 0 Å². The van der Waals surface area contributed by atoms with Gasteiger partial charge < -0.3 is 25.6 Å². The molecule has 0 aromatic carbocycles. The van der Waals surface area contributed by atoms with Crippen molar-refractivity contribution in [2.75, 3.05) is 12.3 Å². The van der Waals surface area contributed by atoms with Crippen molar-refractivity contribution >= 4 is 16.9 Å². The zero-order chi connectivity index (χ0) is 15.1. The summed E-state index contributed by atoms with van der Waals surface area (Å²) in [5.74, 6) is 0.176. The van der Waals surface area contributed by atoms with Gasteiger partial charge in [-0.05, 0) is 5.57 Å². The van der Waals surface area contributed by atoms with E-state index in [0.717, 1.165) is 0 Å². The summed E-state index contributed by atoms with van der Waals surface area (Å²) in [6.07, 6.45) is 2.05. The van der Waals surface area contributed by atoms with Crippen LogP contribution in [-0.4, -0.2) is 48.7 Å². The lowest BCUT2D eigenvalue weighted by Crippen LogP contribution is -2.30. The number of nitrogens with two attached hydrogens (primary N) is 1. The number of nitrogen functional groups attached to an aromatic ring is 1. The molecular formula is C13H13N5O3. The Balaban J connectivity index is 2.21. The minimum absolute atomic E-state index is 0.176. The number of nitrogens with zero attached hydrogens (tertiary/aromatic N) is 4. The molecule has 3 rings (SSSR count). The van der Waals surface area contributed by atoms with E-state index in [0.29, 0.717) is 16.6 Å². The van der Waals surface area contributed by atoms with Crippen LogP contribution in [0.15, 0.2) is 24.2 Å². The van der Waals surface area contributed by atoms with Gasteiger partial charge in [0.2, 0.25) is 0 Å². The summed E-state index contributed by atoms with van der Waals surface area (Å²) in [7, 11) is 0. The van der Waals surface area contributed by atoms with Crippen molar-refractivity contribution < 1.29 is 15.3 Å². The first-order chi connectivity index (χ1) is 10.1. The van der Waals surface area contributed by atoms with Gasteiger partial charge in [0.25, 0.3) is 0 Å². The normalized spacial score (nSPS) is 25.0. The highest BCUT2D eigenvalue weighted by molar-refractivity contribution is 5.92. The van der Waals surface area contributed by atoms with Crippen LogP contribution < -0.4 is 5.73 Å². The quantitative estimate of drug-likeness (QED) is 0.523. The van der Waals surface area contributed by atoms with Crippen molar-refractivity contribution in [3.63, 3.8) is 0 Å². The molecule has 0 bridgehead atoms. The van der Waals surface area contributed by atoms with Gasteiger partial charge >= 0.3 is 0 Å². The Morgan fingerprint density at radius 1 is 1.38 bits per heavy atom. The molecule has 1 aliphatic carbocycles. The van der Waals surface area contributed by atoms with E-state index < -0.39 is 18.2 Å². The second-order valence-electron chi connectivity index (χ2n) is 4.85. The van der Waals surface area contributed by atoms with Gasteiger partial charge in [-0.15, -0.1) is 0 Å². The van der Waals surface area contributed by atoms with Gasteiger partial charge in [-0.2, -0.15) is 5.26 Å². The smallest absolute Gasteiger partial charge is 0.147 e. The van der Waals surface area contributed by atoms with Gasteiger partial charge in [0.1, 0.15) is 36.1 Å². The Bertz CT molecular complexity index is 776. The third-order valence-electron chi connectivity index (χ3n) is 3.70. The molecule has 0 amide bonds. The van der Waals surface area contributed by atoms with Crippen molar-refractivity contribution in [1.82, 2.24) is 14.5 Å². The van der Waals surface area contributed by atoms with Gasteiger partial charge in [-0.3, -0.25) is 0 Å². The molecule has 1 aliphatic rings. The van der Waals surface area contributed by atoms with Gasteiger partial charge in [0.15, 0.2) is 0 Å². The van der Waals surface area contributed by atoms with Gasteiger partial charge in [-0.25, -0.2) is 9.97 Å². The summed E-state index contributed by atoms with van der Waals surface area (Å²) in [5.41, 5.74) is 6.79. The van der Waals surface area contributed by atoms with Crippen LogP contribution in [0.1, 0.15) is 11.6 Å². The SMILES string of the molecule is N#Cc1cn(C2C=C(CO)[C@H](O)[C@@H]2O)c2ncnc(N)c12. The first-order valence-electron chi connectivity index (χ1n) is 6.27. The second kappa shape index (κ2) is 4.82. The van der Waals surface area contributed by atoms with E-state index in [2.05, 4.69) is 9.97 Å². The van der Waals surface area contributed by atoms with Gasteiger partial charge in [0, 0.05) is 6.20 Å². The highest BCUT2D eigenvalue weighted by Crippen LogP contribution is 2.34. The average molecular weight is 287 g/mol. The maximum absolute atomic E-state index is 10.1. The minimum atomic E-state index is -1.15. The Morgan fingerprint density at radius 2 is 2.14 bits per heavy atom. The first kappa shape index (κ1) is 13.5. The third-order valence-corrected chi connectivity index (χ3v) is 3.70. The number of aromatic nitrogens is 3. The molecule has 0 saturated carbocycles. The molecule has 2 aromatic heterocycles. The van der Waals surface area contributed by atoms with Crippen LogP contribution in [0.4, 0.5) is 5.82 Å². The van der Waals surface area contributed by atoms with Crippen molar-refractivity contribution in [3.05, 3.63) is 29.7 Å². The van der Waals surface area contributed by atoms with Crippen LogP contribution in [-0.2, 0) is 0 Å². The van der Waals surface area contributed by atoms with Crippen LogP contribution in [0.2, 0.25) is 0 Å². The summed E-state index contributed by atoms with van der Waals surface area (Å²) >= 11 is 0. The summed E-state index contributed by atoms with van der Waals surface area (Å²) in [6.45, 7) is -0.351. The Kier molecular flexibility index (Phi) is 3.10. The zero-order valence-corrected chi connectivity index (χ0v) is 10.9. The molecule has 0 radical (unpaired) electrons. The number of anilines is 1. The molecule has 5 N–H and O–H groups in total. The van der Waals surface area contributed by atoms with Crippen molar-refractivity contribution in [2.45, 2.75) is 18.2 Å². The predicted octanol–water partition coefficient (Wildman–Crippen LogP) is -0.920. The number of aliphatic hydroxyl groups excluding tert-OH is 3. The van der Waals surface area contributed by atoms with Crippen molar-refractivity contribution in [3.8, 4) is 6.07 Å². The summed E-state index contributed by atoms with van der Waals surface area (Å²) < 4.78 is 1.56. The lowest BCUT2D eigenvalue weighted by atomic mass is 10.1. The average Bonchev–Trinajstić information content (AvgIpc) is 2.99. The third kappa shape index (κ3) is 1.87. The van der Waals surface area contributed by atoms with E-state index in [1.165, 1.54) is 12.5 Å². The molecule has 0 spiro atoms. The van der Waals surface area contributed by atoms with Gasteiger partial charge in [0.05, 0.1) is 23.6 Å². The van der Waals surface area contributed by atoms with Crippen LogP contribution >= 0.6 is 0 Å². The molecular weight excluding hydrogens is 274 g/mol. The van der Waals surface area contributed by atoms with E-state index >= 15 is 0 Å². The molecule has 0 fully saturated rings. The fourth-order valence-corrected chi connectivity index (χ4v) is 2.63. The number of rotatable bonds is 2. The van der Waals surface area contributed by atoms with Crippen molar-refractivity contribution in [1.29, 1.82) is 5.26 Å².